The number of nitrogens with one attached hydrogen (secondary N) is 1. The molecule has 0 bridgehead atoms. The maximum atomic E-state index is 6.29. The first-order valence-electron chi connectivity index (χ1n) is 6.97. The first-order valence-corrected chi connectivity index (χ1v) is 7.72. The predicted octanol–water partition coefficient (Wildman–Crippen LogP) is 6.00. The predicted molar refractivity (Wildman–Crippen MR) is 93.8 cm³/mol. The fraction of sp³-hybridized carbons (Fsp3) is 0.0556. The first-order chi connectivity index (χ1) is 10.6. The highest BCUT2D eigenvalue weighted by Gasteiger charge is 2.11. The summed E-state index contributed by atoms with van der Waals surface area (Å²) in [7, 11) is 0. The van der Waals surface area contributed by atoms with E-state index < -0.39 is 0 Å². The Morgan fingerprint density at radius 1 is 0.909 bits per heavy atom. The quantitative estimate of drug-likeness (QED) is 0.456. The van der Waals surface area contributed by atoms with Crippen molar-refractivity contribution in [3.05, 3.63) is 64.1 Å². The number of aryl methyl sites for hydroxylation is 1. The van der Waals surface area contributed by atoms with E-state index in [9.17, 15) is 0 Å². The van der Waals surface area contributed by atoms with E-state index in [1.165, 1.54) is 0 Å². The minimum atomic E-state index is 0.728. The van der Waals surface area contributed by atoms with E-state index in [0.29, 0.717) is 0 Å². The topological polar surface area (TPSA) is 28.7 Å². The molecule has 0 saturated heterocycles. The lowest BCUT2D eigenvalue weighted by atomic mass is 10.0. The Bertz CT molecular complexity index is 979. The Hall–Kier alpha value is -2.03. The summed E-state index contributed by atoms with van der Waals surface area (Å²) in [6.45, 7) is 1.99. The van der Waals surface area contributed by atoms with E-state index in [4.69, 9.17) is 23.2 Å². The third-order valence-corrected chi connectivity index (χ3v) is 4.62. The molecule has 0 spiro atoms. The fourth-order valence-corrected chi connectivity index (χ4v) is 3.14. The van der Waals surface area contributed by atoms with E-state index >= 15 is 0 Å². The summed E-state index contributed by atoms with van der Waals surface area (Å²) < 4.78 is 0. The van der Waals surface area contributed by atoms with Crippen molar-refractivity contribution >= 4 is 45.0 Å². The van der Waals surface area contributed by atoms with Crippen molar-refractivity contribution in [2.45, 2.75) is 6.92 Å². The molecule has 0 aliphatic carbocycles. The average molecular weight is 327 g/mol. The van der Waals surface area contributed by atoms with Crippen LogP contribution in [0.4, 0.5) is 0 Å². The highest BCUT2D eigenvalue weighted by Crippen LogP contribution is 2.32. The summed E-state index contributed by atoms with van der Waals surface area (Å²) in [5.41, 5.74) is 3.91. The normalized spacial score (nSPS) is 11.4. The van der Waals surface area contributed by atoms with Gasteiger partial charge in [0.15, 0.2) is 0 Å². The molecule has 3 aromatic carbocycles. The molecule has 1 aromatic heterocycles. The maximum Gasteiger partial charge on any atom is 0.139 e. The molecule has 1 heterocycles. The second-order valence-corrected chi connectivity index (χ2v) is 6.16. The van der Waals surface area contributed by atoms with Gasteiger partial charge < -0.3 is 4.98 Å². The minimum Gasteiger partial charge on any atom is -0.338 e. The number of aromatic amines is 1. The minimum absolute atomic E-state index is 0.728. The number of hydrogen-bond donors (Lipinski definition) is 1. The van der Waals surface area contributed by atoms with Gasteiger partial charge in [0.25, 0.3) is 0 Å². The van der Waals surface area contributed by atoms with Gasteiger partial charge in [0.1, 0.15) is 5.82 Å². The fourth-order valence-electron chi connectivity index (χ4n) is 2.75. The summed E-state index contributed by atoms with van der Waals surface area (Å²) in [5, 5.41) is 3.58. The lowest BCUT2D eigenvalue weighted by Crippen LogP contribution is -1.83. The van der Waals surface area contributed by atoms with Gasteiger partial charge in [0, 0.05) is 21.0 Å². The third kappa shape index (κ3) is 2.07. The molecule has 4 rings (SSSR count). The number of nitrogens with zero attached hydrogens (tertiary/aromatic N) is 1. The summed E-state index contributed by atoms with van der Waals surface area (Å²) in [5.74, 6) is 0.824. The van der Waals surface area contributed by atoms with E-state index in [1.807, 2.05) is 49.4 Å². The summed E-state index contributed by atoms with van der Waals surface area (Å²) in [4.78, 5) is 8.06. The number of halogens is 2. The lowest BCUT2D eigenvalue weighted by molar-refractivity contribution is 1.35. The third-order valence-electron chi connectivity index (χ3n) is 3.89. The monoisotopic (exact) mass is 326 g/mol. The van der Waals surface area contributed by atoms with Gasteiger partial charge in [0.05, 0.1) is 11.0 Å². The largest absolute Gasteiger partial charge is 0.338 e. The Morgan fingerprint density at radius 3 is 2.55 bits per heavy atom. The van der Waals surface area contributed by atoms with Gasteiger partial charge in [-0.15, -0.1) is 0 Å². The molecule has 0 aliphatic rings. The molecule has 0 fully saturated rings. The van der Waals surface area contributed by atoms with Crippen LogP contribution in [0.25, 0.3) is 33.2 Å². The molecular weight excluding hydrogens is 315 g/mol. The Kier molecular flexibility index (Phi) is 3.10. The van der Waals surface area contributed by atoms with Crippen LogP contribution < -0.4 is 0 Å². The van der Waals surface area contributed by atoms with Crippen LogP contribution in [0.5, 0.6) is 0 Å². The summed E-state index contributed by atoms with van der Waals surface area (Å²) >= 11 is 12.5. The molecule has 0 saturated carbocycles. The van der Waals surface area contributed by atoms with Crippen LogP contribution >= 0.6 is 23.2 Å². The van der Waals surface area contributed by atoms with Gasteiger partial charge in [-0.25, -0.2) is 4.98 Å². The highest BCUT2D eigenvalue weighted by atomic mass is 35.5. The van der Waals surface area contributed by atoms with Crippen molar-refractivity contribution in [3.63, 3.8) is 0 Å². The average Bonchev–Trinajstić information content (AvgIpc) is 2.90. The molecule has 108 valence electrons. The zero-order valence-electron chi connectivity index (χ0n) is 11.8. The van der Waals surface area contributed by atoms with Gasteiger partial charge in [-0.3, -0.25) is 0 Å². The molecule has 22 heavy (non-hydrogen) atoms. The van der Waals surface area contributed by atoms with E-state index in [2.05, 4.69) is 16.0 Å². The molecule has 0 unspecified atom stereocenters. The Morgan fingerprint density at radius 2 is 1.68 bits per heavy atom. The van der Waals surface area contributed by atoms with Crippen molar-refractivity contribution in [3.8, 4) is 11.4 Å². The zero-order chi connectivity index (χ0) is 15.3. The summed E-state index contributed by atoms with van der Waals surface area (Å²) in [6.07, 6.45) is 0. The second kappa shape index (κ2) is 5.01. The molecular formula is C18H12Cl2N2. The van der Waals surface area contributed by atoms with Crippen molar-refractivity contribution in [1.82, 2.24) is 9.97 Å². The standard InChI is InChI=1S/C18H12Cl2N2/c1-10-8-16-17(9-15(10)20)22-18(21-16)13-6-2-5-12-11(13)4-3-7-14(12)19/h2-9H,1H3,(H,21,22). The van der Waals surface area contributed by atoms with E-state index in [-0.39, 0.29) is 0 Å². The van der Waals surface area contributed by atoms with Crippen LogP contribution in [0.15, 0.2) is 48.5 Å². The van der Waals surface area contributed by atoms with Crippen molar-refractivity contribution < 1.29 is 0 Å². The van der Waals surface area contributed by atoms with Crippen LogP contribution in [0.1, 0.15) is 5.56 Å². The SMILES string of the molecule is Cc1cc2[nH]c(-c3cccc4c(Cl)cccc34)nc2cc1Cl. The molecule has 2 nitrogen and oxygen atoms in total. The van der Waals surface area contributed by atoms with Crippen LogP contribution in [0.3, 0.4) is 0 Å². The molecule has 0 atom stereocenters. The van der Waals surface area contributed by atoms with Gasteiger partial charge in [0.2, 0.25) is 0 Å². The van der Waals surface area contributed by atoms with E-state index in [1.54, 1.807) is 0 Å². The zero-order valence-corrected chi connectivity index (χ0v) is 13.3. The maximum absolute atomic E-state index is 6.29. The molecule has 0 radical (unpaired) electrons. The van der Waals surface area contributed by atoms with Gasteiger partial charge in [-0.1, -0.05) is 53.5 Å². The van der Waals surface area contributed by atoms with Crippen LogP contribution in [0, 0.1) is 6.92 Å². The number of hydrogen-bond acceptors (Lipinski definition) is 1. The van der Waals surface area contributed by atoms with Gasteiger partial charge >= 0.3 is 0 Å². The van der Waals surface area contributed by atoms with Crippen LogP contribution in [-0.4, -0.2) is 9.97 Å². The number of aromatic nitrogens is 2. The van der Waals surface area contributed by atoms with Crippen molar-refractivity contribution in [2.24, 2.45) is 0 Å². The molecule has 4 heteroatoms. The Balaban J connectivity index is 2.01. The number of rotatable bonds is 1. The number of benzene rings is 3. The van der Waals surface area contributed by atoms with Gasteiger partial charge in [-0.05, 0) is 36.1 Å². The summed E-state index contributed by atoms with van der Waals surface area (Å²) in [6, 6.07) is 15.9. The molecule has 0 aliphatic heterocycles. The van der Waals surface area contributed by atoms with Crippen LogP contribution in [-0.2, 0) is 0 Å². The molecule has 4 aromatic rings. The number of fused-ring (bicyclic) bond motifs is 2. The highest BCUT2D eigenvalue weighted by molar-refractivity contribution is 6.36. The molecule has 1 N–H and O–H groups in total. The Labute approximate surface area is 137 Å². The van der Waals surface area contributed by atoms with E-state index in [0.717, 1.165) is 48.8 Å². The lowest BCUT2D eigenvalue weighted by Gasteiger charge is -2.05. The molecule has 0 amide bonds. The van der Waals surface area contributed by atoms with Crippen molar-refractivity contribution in [1.29, 1.82) is 0 Å². The number of imidazole rings is 1. The number of H-pyrrole nitrogens is 1. The van der Waals surface area contributed by atoms with Crippen LogP contribution in [0.2, 0.25) is 10.0 Å². The first kappa shape index (κ1) is 13.6. The second-order valence-electron chi connectivity index (χ2n) is 5.34. The van der Waals surface area contributed by atoms with Crippen molar-refractivity contribution in [2.75, 3.05) is 0 Å². The smallest absolute Gasteiger partial charge is 0.139 e. The van der Waals surface area contributed by atoms with Gasteiger partial charge in [-0.2, -0.15) is 0 Å².